The number of nitrogens with two attached hydrogens (primary N) is 3. The molecular weight excluding hydrogens is 636 g/mol. The number of carbonyl (C=O) groups is 5. The molecule has 49 heavy (non-hydrogen) atoms. The molecular formula is C33H48N8O8. The maximum absolute atomic E-state index is 13.4. The molecule has 0 spiro atoms. The number of aliphatic carboxylic acids is 1. The van der Waals surface area contributed by atoms with Crippen molar-refractivity contribution in [1.29, 1.82) is 0 Å². The van der Waals surface area contributed by atoms with Crippen LogP contribution < -0.4 is 38.5 Å². The molecule has 0 aliphatic heterocycles. The van der Waals surface area contributed by atoms with E-state index >= 15 is 0 Å². The fourth-order valence-corrected chi connectivity index (χ4v) is 4.79. The van der Waals surface area contributed by atoms with E-state index in [-0.39, 0.29) is 56.3 Å². The number of phenolic OH excluding ortho intramolecular Hbond substituents is 1. The average molecular weight is 685 g/mol. The lowest BCUT2D eigenvalue weighted by molar-refractivity contribution is -0.142. The molecule has 2 rings (SSSR count). The van der Waals surface area contributed by atoms with Gasteiger partial charge in [-0.05, 0) is 54.9 Å². The number of aliphatic hydroxyl groups excluding tert-OH is 1. The predicted molar refractivity (Wildman–Crippen MR) is 182 cm³/mol. The Morgan fingerprint density at radius 1 is 0.735 bits per heavy atom. The number of nitrogens with zero attached hydrogens (tertiary/aromatic N) is 1. The highest BCUT2D eigenvalue weighted by Crippen LogP contribution is 2.13. The van der Waals surface area contributed by atoms with Crippen molar-refractivity contribution in [2.75, 3.05) is 13.2 Å². The molecule has 5 atom stereocenters. The van der Waals surface area contributed by atoms with Crippen LogP contribution >= 0.6 is 0 Å². The molecule has 16 heteroatoms. The monoisotopic (exact) mass is 684 g/mol. The van der Waals surface area contributed by atoms with Crippen molar-refractivity contribution in [3.8, 4) is 5.75 Å². The first-order valence-corrected chi connectivity index (χ1v) is 15.9. The van der Waals surface area contributed by atoms with Crippen LogP contribution in [-0.2, 0) is 36.8 Å². The summed E-state index contributed by atoms with van der Waals surface area (Å²) in [5, 5.41) is 39.4. The molecule has 0 aromatic heterocycles. The first-order valence-electron chi connectivity index (χ1n) is 15.9. The molecule has 268 valence electrons. The van der Waals surface area contributed by atoms with E-state index in [1.165, 1.54) is 24.3 Å². The first-order chi connectivity index (χ1) is 23.2. The summed E-state index contributed by atoms with van der Waals surface area (Å²) in [4.78, 5) is 68.7. The predicted octanol–water partition coefficient (Wildman–Crippen LogP) is -1.38. The molecule has 0 saturated carbocycles. The normalized spacial score (nSPS) is 14.0. The van der Waals surface area contributed by atoms with Gasteiger partial charge in [-0.3, -0.25) is 24.2 Å². The number of carboxylic acid groups (broad SMARTS) is 1. The van der Waals surface area contributed by atoms with Crippen molar-refractivity contribution < 1.29 is 39.3 Å². The summed E-state index contributed by atoms with van der Waals surface area (Å²) >= 11 is 0. The van der Waals surface area contributed by atoms with E-state index in [0.29, 0.717) is 5.56 Å². The Balaban J connectivity index is 2.19. The molecule has 0 unspecified atom stereocenters. The van der Waals surface area contributed by atoms with E-state index in [4.69, 9.17) is 17.2 Å². The van der Waals surface area contributed by atoms with Crippen LogP contribution in [0.4, 0.5) is 0 Å². The summed E-state index contributed by atoms with van der Waals surface area (Å²) in [5.74, 6) is -4.70. The molecule has 4 amide bonds. The molecule has 0 radical (unpaired) electrons. The van der Waals surface area contributed by atoms with Crippen LogP contribution in [0.25, 0.3) is 0 Å². The van der Waals surface area contributed by atoms with Gasteiger partial charge in [-0.25, -0.2) is 4.79 Å². The maximum atomic E-state index is 13.4. The number of hydrogen-bond acceptors (Lipinski definition) is 9. The molecule has 2 aromatic carbocycles. The summed E-state index contributed by atoms with van der Waals surface area (Å²) in [5.41, 5.74) is 18.0. The number of benzene rings is 2. The van der Waals surface area contributed by atoms with Gasteiger partial charge in [0.25, 0.3) is 0 Å². The fourth-order valence-electron chi connectivity index (χ4n) is 4.79. The zero-order valence-corrected chi connectivity index (χ0v) is 27.7. The second-order valence-electron chi connectivity index (χ2n) is 12.0. The van der Waals surface area contributed by atoms with Crippen molar-refractivity contribution in [1.82, 2.24) is 21.3 Å². The second kappa shape index (κ2) is 20.2. The highest BCUT2D eigenvalue weighted by atomic mass is 16.4. The number of carbonyl (C=O) groups excluding carboxylic acids is 4. The topological polar surface area (TPSA) is 285 Å². The van der Waals surface area contributed by atoms with Gasteiger partial charge in [0.1, 0.15) is 29.9 Å². The van der Waals surface area contributed by atoms with Crippen molar-refractivity contribution in [3.05, 3.63) is 65.7 Å². The number of aliphatic hydroxyl groups is 1. The summed E-state index contributed by atoms with van der Waals surface area (Å²) in [6, 6.07) is 8.59. The summed E-state index contributed by atoms with van der Waals surface area (Å²) < 4.78 is 0. The minimum atomic E-state index is -1.54. The zero-order valence-electron chi connectivity index (χ0n) is 27.7. The lowest BCUT2D eigenvalue weighted by atomic mass is 10.0. The molecule has 16 nitrogen and oxygen atoms in total. The Kier molecular flexibility index (Phi) is 16.5. The zero-order chi connectivity index (χ0) is 36.5. The minimum absolute atomic E-state index is 0.0228. The molecule has 0 bridgehead atoms. The Morgan fingerprint density at radius 2 is 1.27 bits per heavy atom. The number of aromatic hydroxyl groups is 1. The Morgan fingerprint density at radius 3 is 1.84 bits per heavy atom. The number of aliphatic imine (C=N–C) groups is 1. The minimum Gasteiger partial charge on any atom is -0.508 e. The van der Waals surface area contributed by atoms with Gasteiger partial charge in [-0.2, -0.15) is 0 Å². The summed E-state index contributed by atoms with van der Waals surface area (Å²) in [6.45, 7) is 2.95. The molecule has 0 saturated heterocycles. The number of carboxylic acids is 1. The molecule has 0 aliphatic rings. The van der Waals surface area contributed by atoms with Crippen LogP contribution in [0.3, 0.4) is 0 Å². The van der Waals surface area contributed by atoms with Crippen LogP contribution in [-0.4, -0.2) is 94.2 Å². The highest BCUT2D eigenvalue weighted by molar-refractivity contribution is 5.95. The second-order valence-corrected chi connectivity index (χ2v) is 12.0. The number of rotatable bonds is 20. The van der Waals surface area contributed by atoms with Crippen LogP contribution in [0.1, 0.15) is 44.2 Å². The van der Waals surface area contributed by atoms with Gasteiger partial charge >= 0.3 is 5.97 Å². The van der Waals surface area contributed by atoms with E-state index in [9.17, 15) is 39.3 Å². The summed E-state index contributed by atoms with van der Waals surface area (Å²) in [6.07, 6.45) is 0.503. The van der Waals surface area contributed by atoms with Crippen molar-refractivity contribution in [2.24, 2.45) is 28.1 Å². The van der Waals surface area contributed by atoms with Crippen LogP contribution in [0.2, 0.25) is 0 Å². The molecule has 0 fully saturated rings. The number of hydrogen-bond donors (Lipinski definition) is 10. The standard InChI is InChI=1S/C33H48N8O8/c1-19(2)15-25(39-28(44)23(34)16-20-7-4-3-5-8-20)29(45)41-27(18-42)31(47)40-26(17-21-10-12-22(43)13-11-21)30(46)38-24(32(48)49)9-6-14-37-33(35)36/h3-5,7-8,10-13,19,23-27,42-43H,6,9,14-18,34H2,1-2H3,(H,38,46)(H,39,44)(H,40,47)(H,41,45)(H,48,49)(H4,35,36,37)/t23-,24-,25-,26-,27-/m0/s1. The van der Waals surface area contributed by atoms with E-state index in [2.05, 4.69) is 26.3 Å². The lowest BCUT2D eigenvalue weighted by Crippen LogP contribution is -2.60. The largest absolute Gasteiger partial charge is 0.508 e. The SMILES string of the molecule is CC(C)C[C@H](NC(=O)[C@@H](N)Cc1ccccc1)C(=O)N[C@@H](CO)C(=O)N[C@@H](Cc1ccc(O)cc1)C(=O)N[C@@H](CCCN=C(N)N)C(=O)O. The van der Waals surface area contributed by atoms with E-state index in [1.54, 1.807) is 0 Å². The molecule has 13 N–H and O–H groups in total. The Bertz CT molecular complexity index is 1420. The van der Waals surface area contributed by atoms with Gasteiger partial charge in [0.05, 0.1) is 12.6 Å². The third-order valence-corrected chi connectivity index (χ3v) is 7.36. The van der Waals surface area contributed by atoms with Crippen molar-refractivity contribution >= 4 is 35.6 Å². The third-order valence-electron chi connectivity index (χ3n) is 7.36. The van der Waals surface area contributed by atoms with E-state index in [1.807, 2.05) is 44.2 Å². The summed E-state index contributed by atoms with van der Waals surface area (Å²) in [7, 11) is 0. The average Bonchev–Trinajstić information content (AvgIpc) is 3.04. The van der Waals surface area contributed by atoms with Crippen molar-refractivity contribution in [2.45, 2.75) is 76.2 Å². The Labute approximate surface area is 284 Å². The third kappa shape index (κ3) is 14.6. The smallest absolute Gasteiger partial charge is 0.326 e. The van der Waals surface area contributed by atoms with Gasteiger partial charge in [0.2, 0.25) is 23.6 Å². The first kappa shape index (κ1) is 40.0. The van der Waals surface area contributed by atoms with Gasteiger partial charge in [0, 0.05) is 13.0 Å². The van der Waals surface area contributed by atoms with E-state index < -0.39 is 66.4 Å². The van der Waals surface area contributed by atoms with Crippen molar-refractivity contribution in [3.63, 3.8) is 0 Å². The molecule has 2 aromatic rings. The highest BCUT2D eigenvalue weighted by Gasteiger charge is 2.32. The van der Waals surface area contributed by atoms with Gasteiger partial charge in [0.15, 0.2) is 5.96 Å². The Hall–Kier alpha value is -5.22. The van der Waals surface area contributed by atoms with Crippen LogP contribution in [0.15, 0.2) is 59.6 Å². The van der Waals surface area contributed by atoms with Gasteiger partial charge in [-0.15, -0.1) is 0 Å². The lowest BCUT2D eigenvalue weighted by Gasteiger charge is -2.26. The molecule has 0 heterocycles. The number of phenols is 1. The number of amides is 4. The molecule has 0 aliphatic carbocycles. The quantitative estimate of drug-likeness (QED) is 0.0441. The van der Waals surface area contributed by atoms with E-state index in [0.717, 1.165) is 5.56 Å². The number of guanidine groups is 1. The maximum Gasteiger partial charge on any atom is 0.326 e. The van der Waals surface area contributed by atoms with Gasteiger partial charge < -0.3 is 53.8 Å². The fraction of sp³-hybridized carbons (Fsp3) is 0.455. The van der Waals surface area contributed by atoms with Crippen LogP contribution in [0.5, 0.6) is 5.75 Å². The van der Waals surface area contributed by atoms with Crippen LogP contribution in [0, 0.1) is 5.92 Å². The number of nitrogens with one attached hydrogen (secondary N) is 4. The van der Waals surface area contributed by atoms with Gasteiger partial charge in [-0.1, -0.05) is 56.3 Å².